The number of aryl methyl sites for hydroxylation is 1. The highest BCUT2D eigenvalue weighted by Crippen LogP contribution is 2.12. The molecule has 2 heterocycles. The topological polar surface area (TPSA) is 85.6 Å². The van der Waals surface area contributed by atoms with Gasteiger partial charge in [0.25, 0.3) is 0 Å². The number of aromatic nitrogens is 3. The van der Waals surface area contributed by atoms with Crippen LogP contribution in [-0.4, -0.2) is 53.7 Å². The largest absolute Gasteiger partial charge is 0.381 e. The molecule has 1 unspecified atom stereocenters. The van der Waals surface area contributed by atoms with Gasteiger partial charge in [0.2, 0.25) is 0 Å². The molecule has 1 aromatic carbocycles. The number of hydrogen-bond donors (Lipinski definition) is 2. The molecule has 1 atom stereocenters. The molecular formula is C21H32N6O2. The first-order valence-electron chi connectivity index (χ1n) is 10.3. The van der Waals surface area contributed by atoms with Gasteiger partial charge in [0.05, 0.1) is 26.3 Å². The molecule has 1 aliphatic rings. The number of nitrogens with one attached hydrogen (secondary N) is 2. The van der Waals surface area contributed by atoms with Crippen molar-refractivity contribution in [1.82, 2.24) is 25.4 Å². The third kappa shape index (κ3) is 7.14. The third-order valence-corrected chi connectivity index (χ3v) is 4.99. The summed E-state index contributed by atoms with van der Waals surface area (Å²) in [5.74, 6) is 3.09. The number of rotatable bonds is 10. The van der Waals surface area contributed by atoms with E-state index in [1.807, 2.05) is 36.7 Å². The summed E-state index contributed by atoms with van der Waals surface area (Å²) in [6.07, 6.45) is 2.03. The molecule has 0 saturated carbocycles. The van der Waals surface area contributed by atoms with Gasteiger partial charge in [0.1, 0.15) is 5.82 Å². The van der Waals surface area contributed by atoms with E-state index in [1.54, 1.807) is 0 Å². The fourth-order valence-corrected chi connectivity index (χ4v) is 3.04. The van der Waals surface area contributed by atoms with Gasteiger partial charge in [-0.15, -0.1) is 10.2 Å². The molecule has 8 nitrogen and oxygen atoms in total. The Morgan fingerprint density at radius 2 is 2.14 bits per heavy atom. The molecule has 0 radical (unpaired) electrons. The average Bonchev–Trinajstić information content (AvgIpc) is 3.37. The molecule has 158 valence electrons. The fraction of sp³-hybridized carbons (Fsp3) is 0.571. The summed E-state index contributed by atoms with van der Waals surface area (Å²) >= 11 is 0. The molecule has 1 saturated heterocycles. The number of guanidine groups is 1. The minimum absolute atomic E-state index is 0.558. The molecule has 1 aliphatic heterocycles. The van der Waals surface area contributed by atoms with Crippen LogP contribution in [0.4, 0.5) is 0 Å². The van der Waals surface area contributed by atoms with Crippen LogP contribution in [0.25, 0.3) is 0 Å². The maximum atomic E-state index is 5.77. The van der Waals surface area contributed by atoms with E-state index >= 15 is 0 Å². The number of nitrogens with zero attached hydrogens (tertiary/aromatic N) is 4. The lowest BCUT2D eigenvalue weighted by Gasteiger charge is -2.13. The van der Waals surface area contributed by atoms with Gasteiger partial charge < -0.3 is 24.7 Å². The fourth-order valence-electron chi connectivity index (χ4n) is 3.04. The van der Waals surface area contributed by atoms with Crippen molar-refractivity contribution >= 4 is 5.96 Å². The maximum Gasteiger partial charge on any atom is 0.191 e. The molecule has 0 amide bonds. The molecule has 1 aromatic heterocycles. The van der Waals surface area contributed by atoms with Gasteiger partial charge in [0, 0.05) is 32.7 Å². The minimum Gasteiger partial charge on any atom is -0.381 e. The molecule has 0 aliphatic carbocycles. The van der Waals surface area contributed by atoms with Crippen LogP contribution in [0.1, 0.15) is 30.1 Å². The summed E-state index contributed by atoms with van der Waals surface area (Å²) in [5, 5.41) is 15.1. The molecule has 2 N–H and O–H groups in total. The van der Waals surface area contributed by atoms with Crippen molar-refractivity contribution in [3.8, 4) is 0 Å². The Hall–Kier alpha value is -2.45. The quantitative estimate of drug-likeness (QED) is 0.359. The molecule has 1 fully saturated rings. The number of benzene rings is 1. The second-order valence-electron chi connectivity index (χ2n) is 7.31. The van der Waals surface area contributed by atoms with Crippen molar-refractivity contribution in [3.05, 3.63) is 47.5 Å². The highest BCUT2D eigenvalue weighted by atomic mass is 16.5. The van der Waals surface area contributed by atoms with Gasteiger partial charge in [-0.25, -0.2) is 4.99 Å². The van der Waals surface area contributed by atoms with Crippen LogP contribution in [0.15, 0.2) is 35.3 Å². The second-order valence-corrected chi connectivity index (χ2v) is 7.31. The van der Waals surface area contributed by atoms with Crippen molar-refractivity contribution in [2.45, 2.75) is 32.9 Å². The first-order valence-corrected chi connectivity index (χ1v) is 10.3. The van der Waals surface area contributed by atoms with E-state index in [0.717, 1.165) is 63.4 Å². The van der Waals surface area contributed by atoms with Crippen LogP contribution < -0.4 is 10.6 Å². The Bertz CT molecular complexity index is 756. The van der Waals surface area contributed by atoms with Gasteiger partial charge in [-0.05, 0) is 25.3 Å². The van der Waals surface area contributed by atoms with Gasteiger partial charge in [-0.2, -0.15) is 0 Å². The zero-order valence-electron chi connectivity index (χ0n) is 17.4. The summed E-state index contributed by atoms with van der Waals surface area (Å²) in [6.45, 7) is 7.14. The van der Waals surface area contributed by atoms with Crippen LogP contribution in [0.5, 0.6) is 0 Å². The highest BCUT2D eigenvalue weighted by Gasteiger charge is 2.15. The minimum atomic E-state index is 0.558. The predicted octanol–water partition coefficient (Wildman–Crippen LogP) is 1.80. The summed E-state index contributed by atoms with van der Waals surface area (Å²) in [4.78, 5) is 4.71. The summed E-state index contributed by atoms with van der Waals surface area (Å²) in [5.41, 5.74) is 1.17. The van der Waals surface area contributed by atoms with Gasteiger partial charge in [0.15, 0.2) is 11.8 Å². The van der Waals surface area contributed by atoms with Crippen molar-refractivity contribution in [2.24, 2.45) is 18.0 Å². The molecule has 29 heavy (non-hydrogen) atoms. The third-order valence-electron chi connectivity index (χ3n) is 4.99. The Morgan fingerprint density at radius 3 is 2.86 bits per heavy atom. The van der Waals surface area contributed by atoms with Crippen LogP contribution >= 0.6 is 0 Å². The zero-order valence-corrected chi connectivity index (χ0v) is 17.4. The molecule has 0 bridgehead atoms. The van der Waals surface area contributed by atoms with Gasteiger partial charge in [-0.1, -0.05) is 30.3 Å². The van der Waals surface area contributed by atoms with E-state index in [0.29, 0.717) is 19.0 Å². The zero-order chi connectivity index (χ0) is 20.3. The number of hydrogen-bond acceptors (Lipinski definition) is 5. The SMILES string of the molecule is Cc1nnc(CNC(=NCc2ccccc2)NCCCOCC2CCOC2)n1C. The monoisotopic (exact) mass is 400 g/mol. The van der Waals surface area contributed by atoms with E-state index in [-0.39, 0.29) is 0 Å². The molecule has 2 aromatic rings. The van der Waals surface area contributed by atoms with E-state index in [1.165, 1.54) is 5.56 Å². The van der Waals surface area contributed by atoms with Crippen molar-refractivity contribution in [3.63, 3.8) is 0 Å². The Balaban J connectivity index is 1.44. The second kappa shape index (κ2) is 11.5. The molecule has 3 rings (SSSR count). The van der Waals surface area contributed by atoms with E-state index in [4.69, 9.17) is 14.5 Å². The number of aliphatic imine (C=N–C) groups is 1. The van der Waals surface area contributed by atoms with Crippen LogP contribution in [0.2, 0.25) is 0 Å². The Labute approximate surface area is 172 Å². The first kappa shape index (κ1) is 21.3. The van der Waals surface area contributed by atoms with Gasteiger partial charge >= 0.3 is 0 Å². The highest BCUT2D eigenvalue weighted by molar-refractivity contribution is 5.79. The molecular weight excluding hydrogens is 368 g/mol. The molecule has 0 spiro atoms. The Morgan fingerprint density at radius 1 is 1.28 bits per heavy atom. The van der Waals surface area contributed by atoms with Crippen molar-refractivity contribution in [2.75, 3.05) is 33.0 Å². The maximum absolute atomic E-state index is 5.77. The van der Waals surface area contributed by atoms with E-state index in [2.05, 4.69) is 33.0 Å². The van der Waals surface area contributed by atoms with Gasteiger partial charge in [-0.3, -0.25) is 0 Å². The van der Waals surface area contributed by atoms with Crippen molar-refractivity contribution < 1.29 is 9.47 Å². The van der Waals surface area contributed by atoms with Crippen LogP contribution in [0.3, 0.4) is 0 Å². The first-order chi connectivity index (χ1) is 14.2. The standard InChI is InChI=1S/C21H32N6O2/c1-17-25-26-20(27(17)2)14-24-21(23-13-18-7-4-3-5-8-18)22-10-6-11-28-15-19-9-12-29-16-19/h3-5,7-8,19H,6,9-16H2,1-2H3,(H2,22,23,24). The number of ether oxygens (including phenoxy) is 2. The van der Waals surface area contributed by atoms with E-state index < -0.39 is 0 Å². The van der Waals surface area contributed by atoms with Crippen molar-refractivity contribution in [1.29, 1.82) is 0 Å². The summed E-state index contributed by atoms with van der Waals surface area (Å²) < 4.78 is 13.1. The summed E-state index contributed by atoms with van der Waals surface area (Å²) in [7, 11) is 1.97. The average molecular weight is 401 g/mol. The van der Waals surface area contributed by atoms with Crippen LogP contribution in [-0.2, 0) is 29.6 Å². The smallest absolute Gasteiger partial charge is 0.191 e. The Kier molecular flexibility index (Phi) is 8.45. The molecule has 8 heteroatoms. The summed E-state index contributed by atoms with van der Waals surface area (Å²) in [6, 6.07) is 10.2. The predicted molar refractivity (Wildman–Crippen MR) is 113 cm³/mol. The lowest BCUT2D eigenvalue weighted by molar-refractivity contribution is 0.0888. The normalized spacial score (nSPS) is 16.9. The lowest BCUT2D eigenvalue weighted by atomic mass is 10.1. The van der Waals surface area contributed by atoms with E-state index in [9.17, 15) is 0 Å². The van der Waals surface area contributed by atoms with Crippen LogP contribution in [0, 0.1) is 12.8 Å². The lowest BCUT2D eigenvalue weighted by Crippen LogP contribution is -2.38.